The Hall–Kier alpha value is -1.13. The first-order valence-corrected chi connectivity index (χ1v) is 6.09. The number of rotatable bonds is 7. The van der Waals surface area contributed by atoms with E-state index in [4.69, 9.17) is 0 Å². The Morgan fingerprint density at radius 1 is 1.24 bits per heavy atom. The first-order chi connectivity index (χ1) is 8.13. The minimum Gasteiger partial charge on any atom is -0.360 e. The molecule has 0 fully saturated rings. The molecule has 0 aliphatic heterocycles. The molecule has 1 rings (SSSR count). The molecule has 0 atom stereocenters. The van der Waals surface area contributed by atoms with E-state index in [0.717, 1.165) is 31.9 Å². The molecule has 0 aromatic carbocycles. The molecular formula is C13H24N4. The Balaban J connectivity index is 2.50. The summed E-state index contributed by atoms with van der Waals surface area (Å²) in [5.74, 6) is 1.05. The van der Waals surface area contributed by atoms with E-state index < -0.39 is 0 Å². The van der Waals surface area contributed by atoms with Gasteiger partial charge in [-0.1, -0.05) is 0 Å². The van der Waals surface area contributed by atoms with E-state index in [1.165, 1.54) is 5.56 Å². The summed E-state index contributed by atoms with van der Waals surface area (Å²) in [4.78, 5) is 8.82. The van der Waals surface area contributed by atoms with E-state index >= 15 is 0 Å². The van der Waals surface area contributed by atoms with Crippen molar-refractivity contribution in [3.63, 3.8) is 0 Å². The molecule has 0 radical (unpaired) electrons. The van der Waals surface area contributed by atoms with Crippen LogP contribution >= 0.6 is 0 Å². The van der Waals surface area contributed by atoms with Crippen LogP contribution in [0.3, 0.4) is 0 Å². The average molecular weight is 236 g/mol. The number of nitrogens with one attached hydrogen (secondary N) is 1. The number of hydrogen-bond acceptors (Lipinski definition) is 4. The fourth-order valence-corrected chi connectivity index (χ4v) is 1.72. The molecule has 4 heteroatoms. The summed E-state index contributed by atoms with van der Waals surface area (Å²) in [5, 5.41) is 3.16. The van der Waals surface area contributed by atoms with Crippen molar-refractivity contribution < 1.29 is 0 Å². The van der Waals surface area contributed by atoms with Gasteiger partial charge in [0.05, 0.1) is 0 Å². The number of hydrogen-bond donors (Lipinski definition) is 1. The molecule has 0 unspecified atom stereocenters. The third-order valence-electron chi connectivity index (χ3n) is 2.68. The Morgan fingerprint density at radius 2 is 2.00 bits per heavy atom. The van der Waals surface area contributed by atoms with Crippen LogP contribution in [0.1, 0.15) is 12.0 Å². The molecule has 1 heterocycles. The molecule has 96 valence electrons. The van der Waals surface area contributed by atoms with Crippen LogP contribution in [-0.4, -0.2) is 51.2 Å². The summed E-state index contributed by atoms with van der Waals surface area (Å²) < 4.78 is 0. The third kappa shape index (κ3) is 5.15. The Bertz CT molecular complexity index is 325. The molecule has 0 spiro atoms. The van der Waals surface area contributed by atoms with Gasteiger partial charge >= 0.3 is 0 Å². The maximum absolute atomic E-state index is 4.40. The van der Waals surface area contributed by atoms with Crippen LogP contribution in [0.15, 0.2) is 18.3 Å². The molecule has 0 aliphatic carbocycles. The molecule has 1 aromatic heterocycles. The summed E-state index contributed by atoms with van der Waals surface area (Å²) in [6.07, 6.45) is 3.03. The van der Waals surface area contributed by atoms with Crippen molar-refractivity contribution in [2.45, 2.75) is 13.0 Å². The SMILES string of the molecule is CNCc1ccnc(N(C)CCCN(C)C)c1. The minimum absolute atomic E-state index is 0.890. The first-order valence-electron chi connectivity index (χ1n) is 6.09. The van der Waals surface area contributed by atoms with Gasteiger partial charge in [0, 0.05) is 26.3 Å². The number of anilines is 1. The maximum atomic E-state index is 4.40. The van der Waals surface area contributed by atoms with E-state index in [2.05, 4.69) is 47.3 Å². The van der Waals surface area contributed by atoms with Gasteiger partial charge in [0.1, 0.15) is 5.82 Å². The van der Waals surface area contributed by atoms with Gasteiger partial charge in [-0.25, -0.2) is 4.98 Å². The molecule has 4 nitrogen and oxygen atoms in total. The molecule has 0 bridgehead atoms. The molecule has 0 saturated heterocycles. The lowest BCUT2D eigenvalue weighted by Crippen LogP contribution is -2.24. The van der Waals surface area contributed by atoms with Gasteiger partial charge in [0.2, 0.25) is 0 Å². The van der Waals surface area contributed by atoms with Crippen molar-refractivity contribution in [1.82, 2.24) is 15.2 Å². The maximum Gasteiger partial charge on any atom is 0.128 e. The van der Waals surface area contributed by atoms with Crippen molar-refractivity contribution in [1.29, 1.82) is 0 Å². The van der Waals surface area contributed by atoms with E-state index in [1.807, 2.05) is 19.3 Å². The Kier molecular flexibility index (Phi) is 5.94. The van der Waals surface area contributed by atoms with Gasteiger partial charge in [-0.05, 0) is 51.8 Å². The van der Waals surface area contributed by atoms with Crippen molar-refractivity contribution in [3.05, 3.63) is 23.9 Å². The van der Waals surface area contributed by atoms with E-state index in [9.17, 15) is 0 Å². The molecule has 0 saturated carbocycles. The van der Waals surface area contributed by atoms with Gasteiger partial charge in [0.25, 0.3) is 0 Å². The normalized spacial score (nSPS) is 10.9. The Morgan fingerprint density at radius 3 is 2.65 bits per heavy atom. The molecule has 1 aromatic rings. The van der Waals surface area contributed by atoms with E-state index in [0.29, 0.717) is 0 Å². The van der Waals surface area contributed by atoms with Crippen LogP contribution in [0.4, 0.5) is 5.82 Å². The zero-order valence-corrected chi connectivity index (χ0v) is 11.4. The van der Waals surface area contributed by atoms with Crippen LogP contribution in [0.5, 0.6) is 0 Å². The summed E-state index contributed by atoms with van der Waals surface area (Å²) in [7, 11) is 8.26. The highest BCUT2D eigenvalue weighted by Crippen LogP contribution is 2.11. The van der Waals surface area contributed by atoms with Crippen LogP contribution in [0, 0.1) is 0 Å². The summed E-state index contributed by atoms with van der Waals surface area (Å²) >= 11 is 0. The fourth-order valence-electron chi connectivity index (χ4n) is 1.72. The van der Waals surface area contributed by atoms with Gasteiger partial charge < -0.3 is 15.1 Å². The monoisotopic (exact) mass is 236 g/mol. The van der Waals surface area contributed by atoms with Crippen LogP contribution in [0.2, 0.25) is 0 Å². The van der Waals surface area contributed by atoms with Crippen molar-refractivity contribution in [3.8, 4) is 0 Å². The molecule has 1 N–H and O–H groups in total. The van der Waals surface area contributed by atoms with Crippen molar-refractivity contribution in [2.75, 3.05) is 46.2 Å². The quantitative estimate of drug-likeness (QED) is 0.770. The standard InChI is InChI=1S/C13H24N4/c1-14-11-12-6-7-15-13(10-12)17(4)9-5-8-16(2)3/h6-7,10,14H,5,8-9,11H2,1-4H3. The van der Waals surface area contributed by atoms with Crippen molar-refractivity contribution >= 4 is 5.82 Å². The second-order valence-electron chi connectivity index (χ2n) is 4.63. The zero-order chi connectivity index (χ0) is 12.7. The largest absolute Gasteiger partial charge is 0.360 e. The minimum atomic E-state index is 0.890. The average Bonchev–Trinajstić information content (AvgIpc) is 2.29. The highest BCUT2D eigenvalue weighted by molar-refractivity contribution is 5.39. The molecule has 17 heavy (non-hydrogen) atoms. The molecule has 0 amide bonds. The fraction of sp³-hybridized carbons (Fsp3) is 0.615. The van der Waals surface area contributed by atoms with Gasteiger partial charge in [0.15, 0.2) is 0 Å². The highest BCUT2D eigenvalue weighted by atomic mass is 15.2. The van der Waals surface area contributed by atoms with Crippen LogP contribution in [-0.2, 0) is 6.54 Å². The van der Waals surface area contributed by atoms with Gasteiger partial charge in [-0.2, -0.15) is 0 Å². The van der Waals surface area contributed by atoms with Crippen LogP contribution in [0.25, 0.3) is 0 Å². The number of pyridine rings is 1. The van der Waals surface area contributed by atoms with Gasteiger partial charge in [-0.3, -0.25) is 0 Å². The number of aromatic nitrogens is 1. The zero-order valence-electron chi connectivity index (χ0n) is 11.4. The highest BCUT2D eigenvalue weighted by Gasteiger charge is 2.03. The predicted octanol–water partition coefficient (Wildman–Crippen LogP) is 1.19. The van der Waals surface area contributed by atoms with Crippen LogP contribution < -0.4 is 10.2 Å². The second-order valence-corrected chi connectivity index (χ2v) is 4.63. The van der Waals surface area contributed by atoms with E-state index in [-0.39, 0.29) is 0 Å². The first kappa shape index (κ1) is 13.9. The van der Waals surface area contributed by atoms with E-state index in [1.54, 1.807) is 0 Å². The third-order valence-corrected chi connectivity index (χ3v) is 2.68. The summed E-state index contributed by atoms with van der Waals surface area (Å²) in [6.45, 7) is 3.04. The van der Waals surface area contributed by atoms with Crippen molar-refractivity contribution in [2.24, 2.45) is 0 Å². The summed E-state index contributed by atoms with van der Waals surface area (Å²) in [6, 6.07) is 4.19. The predicted molar refractivity (Wildman–Crippen MR) is 73.4 cm³/mol. The van der Waals surface area contributed by atoms with Gasteiger partial charge in [-0.15, -0.1) is 0 Å². The second kappa shape index (κ2) is 7.25. The topological polar surface area (TPSA) is 31.4 Å². The smallest absolute Gasteiger partial charge is 0.128 e. The molecular weight excluding hydrogens is 212 g/mol. The lowest BCUT2D eigenvalue weighted by atomic mass is 10.2. The lowest BCUT2D eigenvalue weighted by molar-refractivity contribution is 0.401. The number of nitrogens with zero attached hydrogens (tertiary/aromatic N) is 3. The Labute approximate surface area is 105 Å². The lowest BCUT2D eigenvalue weighted by Gasteiger charge is -2.19. The summed E-state index contributed by atoms with van der Waals surface area (Å²) in [5.41, 5.74) is 1.27. The molecule has 0 aliphatic rings.